The highest BCUT2D eigenvalue weighted by molar-refractivity contribution is 6.03. The van der Waals surface area contributed by atoms with E-state index >= 15 is 0 Å². The predicted octanol–water partition coefficient (Wildman–Crippen LogP) is 0.221. The Morgan fingerprint density at radius 2 is 2.00 bits per heavy atom. The van der Waals surface area contributed by atoms with Gasteiger partial charge in [-0.05, 0) is 12.1 Å². The van der Waals surface area contributed by atoms with Gasteiger partial charge in [-0.15, -0.1) is 0 Å². The van der Waals surface area contributed by atoms with Crippen molar-refractivity contribution in [1.29, 1.82) is 0 Å². The van der Waals surface area contributed by atoms with Gasteiger partial charge < -0.3 is 20.7 Å². The molecule has 0 aliphatic rings. The van der Waals surface area contributed by atoms with Crippen LogP contribution in [0, 0.1) is 0 Å². The normalized spacial score (nSPS) is 10.0. The van der Waals surface area contributed by atoms with Crippen LogP contribution in [-0.4, -0.2) is 45.7 Å². The third kappa shape index (κ3) is 5.07. The molecule has 0 atom stereocenters. The van der Waals surface area contributed by atoms with E-state index < -0.39 is 0 Å². The minimum Gasteiger partial charge on any atom is -0.383 e. The summed E-state index contributed by atoms with van der Waals surface area (Å²) in [6.45, 7) is 1.31. The molecule has 0 aliphatic heterocycles. The van der Waals surface area contributed by atoms with Crippen LogP contribution in [-0.2, 0) is 9.53 Å². The maximum absolute atomic E-state index is 11.7. The summed E-state index contributed by atoms with van der Waals surface area (Å²) in [6.07, 6.45) is 0. The Bertz CT molecular complexity index is 435. The van der Waals surface area contributed by atoms with Crippen LogP contribution in [0.2, 0.25) is 0 Å². The molecule has 0 aromatic heterocycles. The standard InChI is InChI=1S/C13H19N3O3/c1-14-13(18)10-5-3-4-6-11(10)16-12(17)9-15-7-8-19-2/h3-6,15H,7-9H2,1-2H3,(H,14,18)(H,16,17). The first-order valence-corrected chi connectivity index (χ1v) is 5.99. The van der Waals surface area contributed by atoms with Gasteiger partial charge in [-0.2, -0.15) is 0 Å². The number of ether oxygens (including phenoxy) is 1. The molecule has 1 rings (SSSR count). The SMILES string of the molecule is CNC(=O)c1ccccc1NC(=O)CNCCOC. The second-order valence-electron chi connectivity index (χ2n) is 3.84. The van der Waals surface area contributed by atoms with E-state index in [-0.39, 0.29) is 18.4 Å². The van der Waals surface area contributed by atoms with Crippen LogP contribution in [0.15, 0.2) is 24.3 Å². The number of hydrogen-bond acceptors (Lipinski definition) is 4. The van der Waals surface area contributed by atoms with E-state index in [0.717, 1.165) is 0 Å². The lowest BCUT2D eigenvalue weighted by Crippen LogP contribution is -2.31. The molecule has 0 radical (unpaired) electrons. The summed E-state index contributed by atoms with van der Waals surface area (Å²) in [4.78, 5) is 23.3. The highest BCUT2D eigenvalue weighted by Crippen LogP contribution is 2.14. The van der Waals surface area contributed by atoms with E-state index in [4.69, 9.17) is 4.74 Å². The molecule has 6 nitrogen and oxygen atoms in total. The minimum absolute atomic E-state index is 0.172. The summed E-state index contributed by atoms with van der Waals surface area (Å²) < 4.78 is 4.86. The van der Waals surface area contributed by atoms with Crippen LogP contribution in [0.1, 0.15) is 10.4 Å². The van der Waals surface area contributed by atoms with Gasteiger partial charge in [0.15, 0.2) is 0 Å². The largest absolute Gasteiger partial charge is 0.383 e. The quantitative estimate of drug-likeness (QED) is 0.616. The lowest BCUT2D eigenvalue weighted by atomic mass is 10.1. The number of amides is 2. The Hall–Kier alpha value is -1.92. The molecule has 0 fully saturated rings. The maximum atomic E-state index is 11.7. The lowest BCUT2D eigenvalue weighted by molar-refractivity contribution is -0.115. The zero-order valence-corrected chi connectivity index (χ0v) is 11.2. The number of methoxy groups -OCH3 is 1. The first kappa shape index (κ1) is 15.1. The zero-order chi connectivity index (χ0) is 14.1. The van der Waals surface area contributed by atoms with Crippen molar-refractivity contribution in [3.8, 4) is 0 Å². The second kappa shape index (κ2) is 8.23. The van der Waals surface area contributed by atoms with Gasteiger partial charge in [-0.1, -0.05) is 12.1 Å². The molecule has 0 unspecified atom stereocenters. The molecule has 19 heavy (non-hydrogen) atoms. The Morgan fingerprint density at radius 1 is 1.26 bits per heavy atom. The fourth-order valence-corrected chi connectivity index (χ4v) is 1.50. The Labute approximate surface area is 112 Å². The number of rotatable bonds is 7. The highest BCUT2D eigenvalue weighted by Gasteiger charge is 2.11. The zero-order valence-electron chi connectivity index (χ0n) is 11.2. The van der Waals surface area contributed by atoms with Crippen molar-refractivity contribution >= 4 is 17.5 Å². The molecule has 2 amide bonds. The monoisotopic (exact) mass is 265 g/mol. The van der Waals surface area contributed by atoms with Crippen molar-refractivity contribution in [2.24, 2.45) is 0 Å². The van der Waals surface area contributed by atoms with Crippen molar-refractivity contribution in [1.82, 2.24) is 10.6 Å². The van der Waals surface area contributed by atoms with Gasteiger partial charge in [0.05, 0.1) is 24.4 Å². The van der Waals surface area contributed by atoms with Gasteiger partial charge in [0.1, 0.15) is 0 Å². The summed E-state index contributed by atoms with van der Waals surface area (Å²) in [5.74, 6) is -0.435. The van der Waals surface area contributed by atoms with Gasteiger partial charge in [0.2, 0.25) is 5.91 Å². The van der Waals surface area contributed by atoms with E-state index in [9.17, 15) is 9.59 Å². The van der Waals surface area contributed by atoms with E-state index in [0.29, 0.717) is 24.4 Å². The molecule has 0 spiro atoms. The first-order chi connectivity index (χ1) is 9.19. The van der Waals surface area contributed by atoms with Crippen molar-refractivity contribution < 1.29 is 14.3 Å². The van der Waals surface area contributed by atoms with Crippen LogP contribution in [0.25, 0.3) is 0 Å². The van der Waals surface area contributed by atoms with Crippen molar-refractivity contribution in [2.45, 2.75) is 0 Å². The molecule has 0 bridgehead atoms. The van der Waals surface area contributed by atoms with E-state index in [1.54, 1.807) is 38.4 Å². The van der Waals surface area contributed by atoms with E-state index in [1.807, 2.05) is 0 Å². The topological polar surface area (TPSA) is 79.5 Å². The summed E-state index contributed by atoms with van der Waals surface area (Å²) in [5, 5.41) is 8.16. The Morgan fingerprint density at radius 3 is 2.68 bits per heavy atom. The number of nitrogens with one attached hydrogen (secondary N) is 3. The second-order valence-corrected chi connectivity index (χ2v) is 3.84. The van der Waals surface area contributed by atoms with Gasteiger partial charge in [0, 0.05) is 20.7 Å². The number of anilines is 1. The summed E-state index contributed by atoms with van der Waals surface area (Å²) >= 11 is 0. The fourth-order valence-electron chi connectivity index (χ4n) is 1.50. The molecular formula is C13H19N3O3. The number of carbonyl (C=O) groups excluding carboxylic acids is 2. The average Bonchev–Trinajstić information content (AvgIpc) is 2.43. The molecule has 104 valence electrons. The van der Waals surface area contributed by atoms with Crippen LogP contribution in [0.3, 0.4) is 0 Å². The van der Waals surface area contributed by atoms with E-state index in [1.165, 1.54) is 0 Å². The van der Waals surface area contributed by atoms with Crippen molar-refractivity contribution in [2.75, 3.05) is 39.2 Å². The third-order valence-electron chi connectivity index (χ3n) is 2.44. The van der Waals surface area contributed by atoms with Crippen LogP contribution >= 0.6 is 0 Å². The van der Waals surface area contributed by atoms with Gasteiger partial charge >= 0.3 is 0 Å². The number of para-hydroxylation sites is 1. The van der Waals surface area contributed by atoms with Crippen molar-refractivity contribution in [3.05, 3.63) is 29.8 Å². The van der Waals surface area contributed by atoms with Crippen molar-refractivity contribution in [3.63, 3.8) is 0 Å². The predicted molar refractivity (Wildman–Crippen MR) is 73.2 cm³/mol. The van der Waals surface area contributed by atoms with Gasteiger partial charge in [-0.25, -0.2) is 0 Å². The smallest absolute Gasteiger partial charge is 0.253 e. The number of hydrogen-bond donors (Lipinski definition) is 3. The average molecular weight is 265 g/mol. The van der Waals surface area contributed by atoms with Gasteiger partial charge in [0.25, 0.3) is 5.91 Å². The summed E-state index contributed by atoms with van der Waals surface area (Å²) in [6, 6.07) is 6.86. The maximum Gasteiger partial charge on any atom is 0.253 e. The van der Waals surface area contributed by atoms with E-state index in [2.05, 4.69) is 16.0 Å². The molecule has 1 aromatic carbocycles. The van der Waals surface area contributed by atoms with Crippen LogP contribution < -0.4 is 16.0 Å². The minimum atomic E-state index is -0.233. The highest BCUT2D eigenvalue weighted by atomic mass is 16.5. The molecule has 0 heterocycles. The Balaban J connectivity index is 2.56. The van der Waals surface area contributed by atoms with Gasteiger partial charge in [-0.3, -0.25) is 9.59 Å². The number of carbonyl (C=O) groups is 2. The Kier molecular flexibility index (Phi) is 6.56. The molecule has 1 aromatic rings. The summed E-state index contributed by atoms with van der Waals surface area (Å²) in [7, 11) is 3.15. The van der Waals surface area contributed by atoms with Crippen LogP contribution in [0.5, 0.6) is 0 Å². The third-order valence-corrected chi connectivity index (χ3v) is 2.44. The summed E-state index contributed by atoms with van der Waals surface area (Å²) in [5.41, 5.74) is 0.940. The lowest BCUT2D eigenvalue weighted by Gasteiger charge is -2.10. The first-order valence-electron chi connectivity index (χ1n) is 5.99. The molecule has 3 N–H and O–H groups in total. The molecular weight excluding hydrogens is 246 g/mol. The molecule has 0 saturated heterocycles. The molecule has 6 heteroatoms. The fraction of sp³-hybridized carbons (Fsp3) is 0.385. The number of benzene rings is 1. The van der Waals surface area contributed by atoms with Crippen LogP contribution in [0.4, 0.5) is 5.69 Å². The molecule has 0 saturated carbocycles. The molecule has 0 aliphatic carbocycles.